The molecule has 0 atom stereocenters. The molecule has 0 amide bonds. The number of aromatic nitrogens is 1. The first-order valence-corrected chi connectivity index (χ1v) is 13.0. The van der Waals surface area contributed by atoms with Crippen LogP contribution in [-0.2, 0) is 7.05 Å². The standard InChI is InChI=1S/C35H26N2O2/c1-23-22-36(2)35(38)29-20-19-24(21-30(23)29)37-31-15-7-3-11-25(31)27-13-5-9-17-33(27)39-34-18-10-6-14-28(34)26-12-4-8-16-32(26)37/h3-22H,1-2H3. The first kappa shape index (κ1) is 23.1. The normalized spacial score (nSPS) is 12.1. The van der Waals surface area contributed by atoms with Crippen LogP contribution in [0.3, 0.4) is 0 Å². The molecule has 188 valence electrons. The molecule has 1 aliphatic heterocycles. The van der Waals surface area contributed by atoms with Gasteiger partial charge in [-0.1, -0.05) is 72.8 Å². The molecule has 7 rings (SSSR count). The van der Waals surface area contributed by atoms with Crippen LogP contribution in [0.4, 0.5) is 17.1 Å². The van der Waals surface area contributed by atoms with Gasteiger partial charge in [-0.2, -0.15) is 0 Å². The van der Waals surface area contributed by atoms with Crippen LogP contribution in [0.1, 0.15) is 5.56 Å². The Balaban J connectivity index is 1.61. The van der Waals surface area contributed by atoms with E-state index in [1.54, 1.807) is 11.6 Å². The maximum absolute atomic E-state index is 13.0. The fraction of sp³-hybridized carbons (Fsp3) is 0.0571. The summed E-state index contributed by atoms with van der Waals surface area (Å²) in [6.45, 7) is 2.06. The number of hydrogen-bond acceptors (Lipinski definition) is 3. The summed E-state index contributed by atoms with van der Waals surface area (Å²) in [5.74, 6) is 1.60. The van der Waals surface area contributed by atoms with Gasteiger partial charge in [-0.3, -0.25) is 4.79 Å². The maximum atomic E-state index is 13.0. The van der Waals surface area contributed by atoms with Crippen LogP contribution in [0.5, 0.6) is 11.5 Å². The van der Waals surface area contributed by atoms with Crippen molar-refractivity contribution in [2.45, 2.75) is 6.92 Å². The Bertz CT molecular complexity index is 1860. The van der Waals surface area contributed by atoms with Crippen LogP contribution >= 0.6 is 0 Å². The zero-order chi connectivity index (χ0) is 26.5. The highest BCUT2D eigenvalue weighted by Crippen LogP contribution is 2.50. The van der Waals surface area contributed by atoms with E-state index in [1.807, 2.05) is 48.7 Å². The lowest BCUT2D eigenvalue weighted by Gasteiger charge is -2.31. The van der Waals surface area contributed by atoms with E-state index in [1.165, 1.54) is 0 Å². The Morgan fingerprint density at radius 2 is 1.10 bits per heavy atom. The average molecular weight is 507 g/mol. The number of ether oxygens (including phenoxy) is 1. The summed E-state index contributed by atoms with van der Waals surface area (Å²) < 4.78 is 8.27. The number of benzene rings is 5. The van der Waals surface area contributed by atoms with Gasteiger partial charge in [0.15, 0.2) is 0 Å². The Morgan fingerprint density at radius 1 is 0.590 bits per heavy atom. The summed E-state index contributed by atoms with van der Waals surface area (Å²) in [5.41, 5.74) is 8.24. The molecule has 0 radical (unpaired) electrons. The maximum Gasteiger partial charge on any atom is 0.258 e. The monoisotopic (exact) mass is 506 g/mol. The number of pyridine rings is 1. The Kier molecular flexibility index (Phi) is 5.34. The number of nitrogens with zero attached hydrogens (tertiary/aromatic N) is 2. The second kappa shape index (κ2) is 9.03. The van der Waals surface area contributed by atoms with E-state index >= 15 is 0 Å². The van der Waals surface area contributed by atoms with Crippen LogP contribution in [0.2, 0.25) is 0 Å². The molecular weight excluding hydrogens is 480 g/mol. The molecule has 0 saturated carbocycles. The molecule has 0 aliphatic carbocycles. The highest BCUT2D eigenvalue weighted by molar-refractivity contribution is 5.98. The molecule has 0 saturated heterocycles. The average Bonchev–Trinajstić information content (AvgIpc) is 2.97. The van der Waals surface area contributed by atoms with Crippen LogP contribution in [-0.4, -0.2) is 4.57 Å². The molecule has 0 bridgehead atoms. The Labute approximate surface area is 227 Å². The smallest absolute Gasteiger partial charge is 0.258 e. The van der Waals surface area contributed by atoms with Gasteiger partial charge in [-0.25, -0.2) is 0 Å². The molecule has 2 heterocycles. The summed E-state index contributed by atoms with van der Waals surface area (Å²) in [6, 6.07) is 39.4. The largest absolute Gasteiger partial charge is 0.456 e. The third-order valence-electron chi connectivity index (χ3n) is 7.49. The number of aryl methyl sites for hydroxylation is 2. The number of rotatable bonds is 1. The number of fused-ring (bicyclic) bond motifs is 7. The SMILES string of the molecule is Cc1cn(C)c(=O)c2ccc(N3c4ccccc4-c4ccccc4Oc4ccccc4-c4ccccc43)cc12. The molecule has 1 aromatic heterocycles. The summed E-state index contributed by atoms with van der Waals surface area (Å²) in [5, 5.41) is 1.67. The van der Waals surface area contributed by atoms with Crippen molar-refractivity contribution in [3.8, 4) is 33.8 Å². The third-order valence-corrected chi connectivity index (χ3v) is 7.49. The van der Waals surface area contributed by atoms with Crippen molar-refractivity contribution in [3.63, 3.8) is 0 Å². The van der Waals surface area contributed by atoms with Crippen molar-refractivity contribution in [2.75, 3.05) is 4.90 Å². The molecule has 4 heteroatoms. The van der Waals surface area contributed by atoms with Crippen LogP contribution in [0, 0.1) is 6.92 Å². The minimum atomic E-state index is 0.00362. The van der Waals surface area contributed by atoms with Crippen molar-refractivity contribution in [1.29, 1.82) is 0 Å². The fourth-order valence-electron chi connectivity index (χ4n) is 5.67. The lowest BCUT2D eigenvalue weighted by atomic mass is 9.96. The lowest BCUT2D eigenvalue weighted by Crippen LogP contribution is -2.17. The first-order valence-electron chi connectivity index (χ1n) is 13.0. The van der Waals surface area contributed by atoms with Gasteiger partial charge >= 0.3 is 0 Å². The van der Waals surface area contributed by atoms with E-state index < -0.39 is 0 Å². The molecule has 6 aromatic rings. The van der Waals surface area contributed by atoms with Crippen molar-refractivity contribution in [3.05, 3.63) is 137 Å². The molecule has 0 fully saturated rings. The minimum absolute atomic E-state index is 0.00362. The highest BCUT2D eigenvalue weighted by Gasteiger charge is 2.24. The topological polar surface area (TPSA) is 34.5 Å². The third kappa shape index (κ3) is 3.72. The zero-order valence-corrected chi connectivity index (χ0v) is 21.8. The molecule has 0 N–H and O–H groups in total. The summed E-state index contributed by atoms with van der Waals surface area (Å²) in [7, 11) is 1.80. The van der Waals surface area contributed by atoms with Crippen molar-refractivity contribution in [2.24, 2.45) is 7.05 Å². The van der Waals surface area contributed by atoms with E-state index in [2.05, 4.69) is 84.6 Å². The number of hydrogen-bond donors (Lipinski definition) is 0. The van der Waals surface area contributed by atoms with Crippen molar-refractivity contribution < 1.29 is 4.74 Å². The van der Waals surface area contributed by atoms with Gasteiger partial charge in [0, 0.05) is 46.6 Å². The molecular formula is C35H26N2O2. The van der Waals surface area contributed by atoms with E-state index in [0.717, 1.165) is 61.8 Å². The van der Waals surface area contributed by atoms with Gasteiger partial charge < -0.3 is 14.2 Å². The van der Waals surface area contributed by atoms with Crippen LogP contribution in [0.25, 0.3) is 33.0 Å². The van der Waals surface area contributed by atoms with Crippen molar-refractivity contribution in [1.82, 2.24) is 4.57 Å². The molecule has 0 unspecified atom stereocenters. The number of anilines is 3. The summed E-state index contributed by atoms with van der Waals surface area (Å²) in [4.78, 5) is 15.3. The zero-order valence-electron chi connectivity index (χ0n) is 21.8. The predicted molar refractivity (Wildman–Crippen MR) is 160 cm³/mol. The van der Waals surface area contributed by atoms with Crippen LogP contribution in [0.15, 0.2) is 126 Å². The van der Waals surface area contributed by atoms with Gasteiger partial charge in [0.05, 0.1) is 11.4 Å². The fourth-order valence-corrected chi connectivity index (χ4v) is 5.67. The second-order valence-corrected chi connectivity index (χ2v) is 9.92. The van der Waals surface area contributed by atoms with Gasteiger partial charge in [0.25, 0.3) is 5.56 Å². The quantitative estimate of drug-likeness (QED) is 0.223. The van der Waals surface area contributed by atoms with Gasteiger partial charge in [0.2, 0.25) is 0 Å². The Hall–Kier alpha value is -5.09. The molecule has 5 aromatic carbocycles. The van der Waals surface area contributed by atoms with Gasteiger partial charge in [-0.05, 0) is 60.3 Å². The molecule has 39 heavy (non-hydrogen) atoms. The minimum Gasteiger partial charge on any atom is -0.456 e. The van der Waals surface area contributed by atoms with E-state index in [-0.39, 0.29) is 5.56 Å². The predicted octanol–water partition coefficient (Wildman–Crippen LogP) is 8.76. The van der Waals surface area contributed by atoms with Gasteiger partial charge in [-0.15, -0.1) is 0 Å². The second-order valence-electron chi connectivity index (χ2n) is 9.92. The first-order chi connectivity index (χ1) is 19.1. The van der Waals surface area contributed by atoms with E-state index in [0.29, 0.717) is 5.39 Å². The van der Waals surface area contributed by atoms with E-state index in [4.69, 9.17) is 4.74 Å². The van der Waals surface area contributed by atoms with Crippen molar-refractivity contribution >= 4 is 27.8 Å². The highest BCUT2D eigenvalue weighted by atomic mass is 16.5. The van der Waals surface area contributed by atoms with E-state index in [9.17, 15) is 4.79 Å². The van der Waals surface area contributed by atoms with Crippen LogP contribution < -0.4 is 15.2 Å². The summed E-state index contributed by atoms with van der Waals surface area (Å²) in [6.07, 6.45) is 1.91. The molecule has 0 spiro atoms. The summed E-state index contributed by atoms with van der Waals surface area (Å²) >= 11 is 0. The van der Waals surface area contributed by atoms with Gasteiger partial charge in [0.1, 0.15) is 11.5 Å². The Morgan fingerprint density at radius 3 is 1.69 bits per heavy atom. The number of para-hydroxylation sites is 4. The lowest BCUT2D eigenvalue weighted by molar-refractivity contribution is 0.486. The molecule has 4 nitrogen and oxygen atoms in total. The molecule has 1 aliphatic rings.